The molecule has 0 spiro atoms. The molecule has 2 aromatic heterocycles. The van der Waals surface area contributed by atoms with Crippen molar-refractivity contribution in [1.29, 1.82) is 0 Å². The number of benzene rings is 8. The first-order valence-electron chi connectivity index (χ1n) is 16.4. The summed E-state index contributed by atoms with van der Waals surface area (Å²) in [5.74, 6) is 1.80. The number of fused-ring (bicyclic) bond motifs is 7. The number of rotatable bonds is 4. The van der Waals surface area contributed by atoms with E-state index in [2.05, 4.69) is 133 Å². The quantitative estimate of drug-likeness (QED) is 0.183. The minimum atomic E-state index is 0.571. The molecule has 0 aliphatic rings. The Kier molecular flexibility index (Phi) is 6.15. The summed E-state index contributed by atoms with van der Waals surface area (Å²) in [5.41, 5.74) is 6.70. The van der Waals surface area contributed by atoms with Gasteiger partial charge in [0, 0.05) is 27.3 Å². The van der Waals surface area contributed by atoms with Gasteiger partial charge in [0.05, 0.1) is 5.56 Å². The van der Waals surface area contributed by atoms with Crippen LogP contribution in [0.4, 0.5) is 0 Å². The fourth-order valence-corrected chi connectivity index (χ4v) is 7.11. The Bertz CT molecular complexity index is 2890. The minimum Gasteiger partial charge on any atom is -0.455 e. The smallest absolute Gasteiger partial charge is 0.167 e. The van der Waals surface area contributed by atoms with Crippen molar-refractivity contribution in [3.05, 3.63) is 164 Å². The summed E-state index contributed by atoms with van der Waals surface area (Å²) in [4.78, 5) is 15.6. The van der Waals surface area contributed by atoms with Gasteiger partial charge in [-0.3, -0.25) is 0 Å². The first-order valence-corrected chi connectivity index (χ1v) is 16.4. The van der Waals surface area contributed by atoms with Gasteiger partial charge in [0.2, 0.25) is 0 Å². The Labute approximate surface area is 282 Å². The molecule has 0 unspecified atom stereocenters. The summed E-state index contributed by atoms with van der Waals surface area (Å²) in [6.07, 6.45) is 0. The highest BCUT2D eigenvalue weighted by molar-refractivity contribution is 6.14. The zero-order chi connectivity index (χ0) is 32.3. The maximum atomic E-state index is 6.46. The van der Waals surface area contributed by atoms with Crippen LogP contribution in [0.3, 0.4) is 0 Å². The second kappa shape index (κ2) is 11.0. The van der Waals surface area contributed by atoms with Crippen LogP contribution >= 0.6 is 0 Å². The van der Waals surface area contributed by atoms with E-state index in [0.717, 1.165) is 60.2 Å². The summed E-state index contributed by atoms with van der Waals surface area (Å²) in [5, 5.41) is 8.98. The van der Waals surface area contributed by atoms with Gasteiger partial charge in [0.1, 0.15) is 11.2 Å². The number of hydrogen-bond acceptors (Lipinski definition) is 4. The predicted molar refractivity (Wildman–Crippen MR) is 201 cm³/mol. The van der Waals surface area contributed by atoms with Crippen molar-refractivity contribution >= 4 is 54.3 Å². The van der Waals surface area contributed by atoms with Crippen molar-refractivity contribution in [2.75, 3.05) is 0 Å². The standard InChI is InChI=1S/C45H27N3O/c1-2-10-28(11-3-1)31-22-23-33-27-34(25-24-32(33)26-31)43-46-44(38-17-8-13-30-21-20-29-12-4-5-14-35(29)41(30)38)48-45(47-43)39-18-9-16-37-36-15-6-7-19-40(36)49-42(37)39/h1-27H. The molecule has 0 aliphatic carbocycles. The van der Waals surface area contributed by atoms with E-state index < -0.39 is 0 Å². The van der Waals surface area contributed by atoms with Crippen LogP contribution in [0.2, 0.25) is 0 Å². The van der Waals surface area contributed by atoms with Crippen molar-refractivity contribution in [3.63, 3.8) is 0 Å². The molecule has 0 atom stereocenters. The molecule has 0 aliphatic heterocycles. The minimum absolute atomic E-state index is 0.571. The SMILES string of the molecule is c1ccc(-c2ccc3cc(-c4nc(-c5cccc6c5oc5ccccc56)nc(-c5cccc6ccc7ccccc7c56)n4)ccc3c2)cc1. The third-order valence-electron chi connectivity index (χ3n) is 9.50. The van der Waals surface area contributed by atoms with E-state index in [1.54, 1.807) is 0 Å². The fourth-order valence-electron chi connectivity index (χ4n) is 7.11. The lowest BCUT2D eigenvalue weighted by Gasteiger charge is -2.12. The molecule has 49 heavy (non-hydrogen) atoms. The average Bonchev–Trinajstić information content (AvgIpc) is 3.56. The highest BCUT2D eigenvalue weighted by Crippen LogP contribution is 2.38. The van der Waals surface area contributed by atoms with Crippen LogP contribution in [0.5, 0.6) is 0 Å². The molecule has 0 radical (unpaired) electrons. The maximum Gasteiger partial charge on any atom is 0.167 e. The third-order valence-corrected chi connectivity index (χ3v) is 9.50. The molecule has 2 heterocycles. The second-order valence-electron chi connectivity index (χ2n) is 12.4. The molecule has 10 aromatic rings. The molecule has 0 amide bonds. The Morgan fingerprint density at radius 2 is 0.939 bits per heavy atom. The topological polar surface area (TPSA) is 51.8 Å². The lowest BCUT2D eigenvalue weighted by Crippen LogP contribution is -2.01. The van der Waals surface area contributed by atoms with E-state index in [-0.39, 0.29) is 0 Å². The van der Waals surface area contributed by atoms with Crippen LogP contribution in [0.25, 0.3) is 99.5 Å². The van der Waals surface area contributed by atoms with Gasteiger partial charge in [-0.25, -0.2) is 15.0 Å². The molecule has 228 valence electrons. The molecular weight excluding hydrogens is 599 g/mol. The van der Waals surface area contributed by atoms with Crippen LogP contribution < -0.4 is 0 Å². The van der Waals surface area contributed by atoms with Gasteiger partial charge < -0.3 is 4.42 Å². The summed E-state index contributed by atoms with van der Waals surface area (Å²) < 4.78 is 6.46. The molecule has 8 aromatic carbocycles. The highest BCUT2D eigenvalue weighted by Gasteiger charge is 2.19. The fraction of sp³-hybridized carbons (Fsp3) is 0. The molecule has 4 nitrogen and oxygen atoms in total. The first kappa shape index (κ1) is 27.5. The Morgan fingerprint density at radius 1 is 0.347 bits per heavy atom. The van der Waals surface area contributed by atoms with E-state index in [1.165, 1.54) is 21.9 Å². The third kappa shape index (κ3) is 4.57. The van der Waals surface area contributed by atoms with Crippen molar-refractivity contribution in [3.8, 4) is 45.3 Å². The highest BCUT2D eigenvalue weighted by atomic mass is 16.3. The molecule has 0 N–H and O–H groups in total. The summed E-state index contributed by atoms with van der Waals surface area (Å²) >= 11 is 0. The normalized spacial score (nSPS) is 11.7. The largest absolute Gasteiger partial charge is 0.455 e. The van der Waals surface area contributed by atoms with Crippen LogP contribution in [0, 0.1) is 0 Å². The summed E-state index contributed by atoms with van der Waals surface area (Å²) in [6.45, 7) is 0. The lowest BCUT2D eigenvalue weighted by atomic mass is 9.97. The van der Waals surface area contributed by atoms with E-state index in [4.69, 9.17) is 19.4 Å². The van der Waals surface area contributed by atoms with Gasteiger partial charge in [0.25, 0.3) is 0 Å². The molecule has 0 fully saturated rings. The Morgan fingerprint density at radius 3 is 1.82 bits per heavy atom. The van der Waals surface area contributed by atoms with Crippen LogP contribution in [0.15, 0.2) is 168 Å². The van der Waals surface area contributed by atoms with Gasteiger partial charge in [-0.1, -0.05) is 140 Å². The van der Waals surface area contributed by atoms with Gasteiger partial charge in [-0.2, -0.15) is 0 Å². The number of furan rings is 1. The van der Waals surface area contributed by atoms with Crippen LogP contribution in [-0.4, -0.2) is 15.0 Å². The van der Waals surface area contributed by atoms with Crippen molar-refractivity contribution < 1.29 is 4.42 Å². The van der Waals surface area contributed by atoms with E-state index >= 15 is 0 Å². The molecule has 4 heteroatoms. The molecule has 0 bridgehead atoms. The maximum absolute atomic E-state index is 6.46. The number of hydrogen-bond donors (Lipinski definition) is 0. The van der Waals surface area contributed by atoms with Crippen molar-refractivity contribution in [1.82, 2.24) is 15.0 Å². The predicted octanol–water partition coefficient (Wildman–Crippen LogP) is 11.9. The average molecular weight is 626 g/mol. The molecule has 0 saturated heterocycles. The van der Waals surface area contributed by atoms with Gasteiger partial charge >= 0.3 is 0 Å². The zero-order valence-electron chi connectivity index (χ0n) is 26.3. The Hall–Kier alpha value is -6.65. The van der Waals surface area contributed by atoms with Gasteiger partial charge in [-0.05, 0) is 62.3 Å². The number of nitrogens with zero attached hydrogens (tertiary/aromatic N) is 3. The first-order chi connectivity index (χ1) is 24.3. The van der Waals surface area contributed by atoms with Crippen molar-refractivity contribution in [2.24, 2.45) is 0 Å². The molecule has 10 rings (SSSR count). The van der Waals surface area contributed by atoms with Crippen LogP contribution in [-0.2, 0) is 0 Å². The zero-order valence-corrected chi connectivity index (χ0v) is 26.3. The molecular formula is C45H27N3O. The van der Waals surface area contributed by atoms with Crippen LogP contribution in [0.1, 0.15) is 0 Å². The van der Waals surface area contributed by atoms with Gasteiger partial charge in [0.15, 0.2) is 17.5 Å². The monoisotopic (exact) mass is 625 g/mol. The Balaban J connectivity index is 1.22. The summed E-state index contributed by atoms with van der Waals surface area (Å²) in [7, 11) is 0. The number of aromatic nitrogens is 3. The van der Waals surface area contributed by atoms with E-state index in [0.29, 0.717) is 17.5 Å². The van der Waals surface area contributed by atoms with E-state index in [1.807, 2.05) is 30.3 Å². The lowest BCUT2D eigenvalue weighted by molar-refractivity contribution is 0.669. The number of para-hydroxylation sites is 2. The van der Waals surface area contributed by atoms with Crippen molar-refractivity contribution in [2.45, 2.75) is 0 Å². The van der Waals surface area contributed by atoms with Gasteiger partial charge in [-0.15, -0.1) is 0 Å². The summed E-state index contributed by atoms with van der Waals surface area (Å²) in [6, 6.07) is 57.0. The molecule has 0 saturated carbocycles. The second-order valence-corrected chi connectivity index (χ2v) is 12.4. The van der Waals surface area contributed by atoms with E-state index in [9.17, 15) is 0 Å².